The van der Waals surface area contributed by atoms with Crippen molar-refractivity contribution in [1.29, 1.82) is 0 Å². The van der Waals surface area contributed by atoms with Crippen LogP contribution >= 0.6 is 0 Å². The molecule has 0 unspecified atom stereocenters. The van der Waals surface area contributed by atoms with Crippen LogP contribution in [0.3, 0.4) is 0 Å². The third-order valence-electron chi connectivity index (χ3n) is 11.3. The molecule has 57 heavy (non-hydrogen) atoms. The van der Waals surface area contributed by atoms with E-state index >= 15 is 0 Å². The van der Waals surface area contributed by atoms with Crippen LogP contribution in [0.5, 0.6) is 0 Å². The van der Waals surface area contributed by atoms with Gasteiger partial charge in [0.05, 0.1) is 33.5 Å². The summed E-state index contributed by atoms with van der Waals surface area (Å²) < 4.78 is 4.79. The highest BCUT2D eigenvalue weighted by atomic mass is 15.0. The zero-order chi connectivity index (χ0) is 37.9. The second kappa shape index (κ2) is 13.3. The maximum Gasteiger partial charge on any atom is 0.160 e. The number of hydrogen-bond acceptors (Lipinski definition) is 2. The minimum atomic E-state index is 0.720. The van der Waals surface area contributed by atoms with Crippen LogP contribution in [0.4, 0.5) is 0 Å². The summed E-state index contributed by atoms with van der Waals surface area (Å²) in [7, 11) is 0. The normalized spacial score (nSPS) is 11.6. The number of aromatic nitrogens is 4. The summed E-state index contributed by atoms with van der Waals surface area (Å²) in [5.74, 6) is 0.720. The molecule has 0 aliphatic heterocycles. The second-order valence-electron chi connectivity index (χ2n) is 14.7. The SMILES string of the molecule is Cc1cc(-c2cc(-c3ccccc3)nc(-c3ccccc3)n2)ccc1-c1ccc(-n2c3ccccc3c3cc(-n4c5ccccc5c5ccccc54)ccc32)cc1. The van der Waals surface area contributed by atoms with Gasteiger partial charge in [0.2, 0.25) is 0 Å². The first kappa shape index (κ1) is 32.8. The van der Waals surface area contributed by atoms with Gasteiger partial charge in [0.25, 0.3) is 0 Å². The van der Waals surface area contributed by atoms with Crippen LogP contribution in [0, 0.1) is 6.92 Å². The molecule has 0 saturated heterocycles. The Morgan fingerprint density at radius 2 is 0.807 bits per heavy atom. The Hall–Kier alpha value is -7.56. The van der Waals surface area contributed by atoms with E-state index in [1.165, 1.54) is 60.3 Å². The van der Waals surface area contributed by atoms with Crippen LogP contribution in [0.25, 0.3) is 100 Å². The molecule has 8 aromatic carbocycles. The largest absolute Gasteiger partial charge is 0.309 e. The molecule has 0 aliphatic rings. The highest BCUT2D eigenvalue weighted by molar-refractivity contribution is 6.12. The first-order valence-corrected chi connectivity index (χ1v) is 19.4. The molecule has 4 nitrogen and oxygen atoms in total. The molecule has 268 valence electrons. The molecule has 0 bridgehead atoms. The fraction of sp³-hybridized carbons (Fsp3) is 0.0189. The predicted octanol–water partition coefficient (Wildman–Crippen LogP) is 13.6. The van der Waals surface area contributed by atoms with E-state index < -0.39 is 0 Å². The smallest absolute Gasteiger partial charge is 0.160 e. The molecule has 3 aromatic heterocycles. The Morgan fingerprint density at radius 1 is 0.333 bits per heavy atom. The van der Waals surface area contributed by atoms with Crippen LogP contribution in [-0.4, -0.2) is 19.1 Å². The van der Waals surface area contributed by atoms with E-state index in [2.05, 4.69) is 192 Å². The second-order valence-corrected chi connectivity index (χ2v) is 14.7. The third-order valence-corrected chi connectivity index (χ3v) is 11.3. The average molecular weight is 729 g/mol. The fourth-order valence-electron chi connectivity index (χ4n) is 8.58. The number of aryl methyl sites for hydroxylation is 1. The highest BCUT2D eigenvalue weighted by Crippen LogP contribution is 2.38. The van der Waals surface area contributed by atoms with Gasteiger partial charge in [-0.1, -0.05) is 140 Å². The summed E-state index contributed by atoms with van der Waals surface area (Å²) >= 11 is 0. The zero-order valence-corrected chi connectivity index (χ0v) is 31.3. The summed E-state index contributed by atoms with van der Waals surface area (Å²) in [6.45, 7) is 2.19. The van der Waals surface area contributed by atoms with Gasteiger partial charge >= 0.3 is 0 Å². The van der Waals surface area contributed by atoms with Crippen LogP contribution in [0.15, 0.2) is 200 Å². The molecule has 11 rings (SSSR count). The Morgan fingerprint density at radius 3 is 1.42 bits per heavy atom. The van der Waals surface area contributed by atoms with Gasteiger partial charge in [-0.25, -0.2) is 9.97 Å². The van der Waals surface area contributed by atoms with Gasteiger partial charge < -0.3 is 9.13 Å². The molecular formula is C53H36N4. The number of nitrogens with zero attached hydrogens (tertiary/aromatic N) is 4. The van der Waals surface area contributed by atoms with Crippen LogP contribution in [-0.2, 0) is 0 Å². The lowest BCUT2D eigenvalue weighted by molar-refractivity contribution is 1.16. The number of hydrogen-bond donors (Lipinski definition) is 0. The monoisotopic (exact) mass is 728 g/mol. The maximum absolute atomic E-state index is 5.06. The highest BCUT2D eigenvalue weighted by Gasteiger charge is 2.17. The van der Waals surface area contributed by atoms with Crippen molar-refractivity contribution in [2.45, 2.75) is 6.92 Å². The Bertz CT molecular complexity index is 3170. The number of para-hydroxylation sites is 3. The standard InChI is InChI=1S/C53H36N4/c1-35-32-39(48-34-47(37-14-4-2-5-15-37)54-53(55-48)38-16-6-3-7-17-38)26-30-42(35)36-24-27-40(28-25-36)56-51-23-13-10-20-45(51)46-33-41(29-31-52(46)56)57-49-21-11-8-18-43(49)44-19-9-12-22-50(44)57/h2-34H,1H3. The number of fused-ring (bicyclic) bond motifs is 6. The van der Waals surface area contributed by atoms with E-state index in [-0.39, 0.29) is 0 Å². The van der Waals surface area contributed by atoms with Crippen molar-refractivity contribution >= 4 is 43.6 Å². The molecule has 11 aromatic rings. The molecule has 0 amide bonds. The van der Waals surface area contributed by atoms with E-state index in [9.17, 15) is 0 Å². The summed E-state index contributed by atoms with van der Waals surface area (Å²) in [5, 5.41) is 5.00. The molecular weight excluding hydrogens is 693 g/mol. The van der Waals surface area contributed by atoms with Gasteiger partial charge in [0.15, 0.2) is 5.82 Å². The minimum absolute atomic E-state index is 0.720. The van der Waals surface area contributed by atoms with Crippen molar-refractivity contribution in [3.63, 3.8) is 0 Å². The fourth-order valence-corrected chi connectivity index (χ4v) is 8.58. The topological polar surface area (TPSA) is 35.6 Å². The van der Waals surface area contributed by atoms with Crippen molar-refractivity contribution in [3.05, 3.63) is 206 Å². The third kappa shape index (κ3) is 5.53. The number of rotatable bonds is 6. The van der Waals surface area contributed by atoms with Crippen molar-refractivity contribution in [2.24, 2.45) is 0 Å². The van der Waals surface area contributed by atoms with E-state index in [1.807, 2.05) is 24.3 Å². The average Bonchev–Trinajstić information content (AvgIpc) is 3.79. The van der Waals surface area contributed by atoms with Gasteiger partial charge in [-0.15, -0.1) is 0 Å². The van der Waals surface area contributed by atoms with E-state index in [0.29, 0.717) is 0 Å². The lowest BCUT2D eigenvalue weighted by Crippen LogP contribution is -1.97. The Labute approximate surface area is 330 Å². The predicted molar refractivity (Wildman–Crippen MR) is 237 cm³/mol. The van der Waals surface area contributed by atoms with Crippen molar-refractivity contribution in [3.8, 4) is 56.4 Å². The molecule has 0 saturated carbocycles. The first-order valence-electron chi connectivity index (χ1n) is 19.4. The minimum Gasteiger partial charge on any atom is -0.309 e. The van der Waals surface area contributed by atoms with E-state index in [0.717, 1.165) is 45.3 Å². The van der Waals surface area contributed by atoms with E-state index in [1.54, 1.807) is 0 Å². The molecule has 0 N–H and O–H groups in total. The van der Waals surface area contributed by atoms with Crippen molar-refractivity contribution in [1.82, 2.24) is 19.1 Å². The Balaban J connectivity index is 0.968. The van der Waals surface area contributed by atoms with Gasteiger partial charge in [0.1, 0.15) is 0 Å². The molecule has 0 radical (unpaired) electrons. The zero-order valence-electron chi connectivity index (χ0n) is 31.3. The molecule has 3 heterocycles. The van der Waals surface area contributed by atoms with Crippen molar-refractivity contribution < 1.29 is 0 Å². The summed E-state index contributed by atoms with van der Waals surface area (Å²) in [4.78, 5) is 10.0. The summed E-state index contributed by atoms with van der Waals surface area (Å²) in [5.41, 5.74) is 15.6. The summed E-state index contributed by atoms with van der Waals surface area (Å²) in [6.07, 6.45) is 0. The lowest BCUT2D eigenvalue weighted by Gasteiger charge is -2.13. The Kier molecular flexibility index (Phi) is 7.68. The summed E-state index contributed by atoms with van der Waals surface area (Å²) in [6, 6.07) is 71.3. The van der Waals surface area contributed by atoms with Crippen LogP contribution < -0.4 is 0 Å². The van der Waals surface area contributed by atoms with Gasteiger partial charge in [-0.3, -0.25) is 0 Å². The molecule has 4 heteroatoms. The number of benzene rings is 8. The molecule has 0 aliphatic carbocycles. The quantitative estimate of drug-likeness (QED) is 0.171. The van der Waals surface area contributed by atoms with Gasteiger partial charge in [-0.05, 0) is 84.3 Å². The van der Waals surface area contributed by atoms with E-state index in [4.69, 9.17) is 9.97 Å². The first-order chi connectivity index (χ1) is 28.2. The molecule has 0 fully saturated rings. The lowest BCUT2D eigenvalue weighted by atomic mass is 9.96. The van der Waals surface area contributed by atoms with Crippen molar-refractivity contribution in [2.75, 3.05) is 0 Å². The maximum atomic E-state index is 5.06. The van der Waals surface area contributed by atoms with Gasteiger partial charge in [0, 0.05) is 49.6 Å². The van der Waals surface area contributed by atoms with Gasteiger partial charge in [-0.2, -0.15) is 0 Å². The molecule has 0 spiro atoms. The molecule has 0 atom stereocenters. The van der Waals surface area contributed by atoms with Crippen LogP contribution in [0.1, 0.15) is 5.56 Å². The van der Waals surface area contributed by atoms with Crippen LogP contribution in [0.2, 0.25) is 0 Å².